The number of benzene rings is 1. The van der Waals surface area contributed by atoms with E-state index >= 15 is 0 Å². The molecule has 0 bridgehead atoms. The third-order valence-corrected chi connectivity index (χ3v) is 1.94. The van der Waals surface area contributed by atoms with Gasteiger partial charge in [0.25, 0.3) is 5.89 Å². The van der Waals surface area contributed by atoms with E-state index in [-0.39, 0.29) is 17.2 Å². The van der Waals surface area contributed by atoms with Gasteiger partial charge in [-0.1, -0.05) is 0 Å². The summed E-state index contributed by atoms with van der Waals surface area (Å²) in [5.41, 5.74) is 0.888. The highest BCUT2D eigenvalue weighted by Gasteiger charge is 2.11. The molecular formula is C10H7NO4. The van der Waals surface area contributed by atoms with Crippen molar-refractivity contribution in [2.45, 2.75) is 6.92 Å². The van der Waals surface area contributed by atoms with Crippen molar-refractivity contribution in [3.63, 3.8) is 0 Å². The Labute approximate surface area is 84.3 Å². The predicted octanol–water partition coefficient (Wildman–Crippen LogP) is 1.73. The van der Waals surface area contributed by atoms with Gasteiger partial charge >= 0.3 is 5.97 Å². The number of carbonyl (C=O) groups excluding carboxylic acids is 1. The van der Waals surface area contributed by atoms with Crippen molar-refractivity contribution in [1.29, 1.82) is 0 Å². The molecule has 2 rings (SSSR count). The summed E-state index contributed by atoms with van der Waals surface area (Å²) in [7, 11) is 0. The Kier molecular flexibility index (Phi) is 2.00. The summed E-state index contributed by atoms with van der Waals surface area (Å²) in [6, 6.07) is 4.27. The second-order valence-corrected chi connectivity index (χ2v) is 3.06. The number of Topliss-reactive ketones (excluding diaryl/α,β-unsaturated/α-hetero) is 1. The minimum absolute atomic E-state index is 0.00691. The molecule has 76 valence electrons. The lowest BCUT2D eigenvalue weighted by molar-refractivity contribution is 0.0696. The summed E-state index contributed by atoms with van der Waals surface area (Å²) in [4.78, 5) is 25.5. The van der Waals surface area contributed by atoms with Gasteiger partial charge in [0.1, 0.15) is 5.52 Å². The number of aromatic nitrogens is 1. The molecular weight excluding hydrogens is 198 g/mol. The van der Waals surface area contributed by atoms with E-state index in [4.69, 9.17) is 9.52 Å². The first-order valence-electron chi connectivity index (χ1n) is 4.23. The summed E-state index contributed by atoms with van der Waals surface area (Å²) >= 11 is 0. The maximum Gasteiger partial charge on any atom is 0.335 e. The van der Waals surface area contributed by atoms with E-state index in [1.165, 1.54) is 25.1 Å². The number of nitrogens with zero attached hydrogens (tertiary/aromatic N) is 1. The van der Waals surface area contributed by atoms with E-state index in [2.05, 4.69) is 4.98 Å². The minimum atomic E-state index is -1.04. The minimum Gasteiger partial charge on any atom is -0.478 e. The zero-order valence-electron chi connectivity index (χ0n) is 7.85. The first-order valence-corrected chi connectivity index (χ1v) is 4.23. The molecule has 0 radical (unpaired) electrons. The lowest BCUT2D eigenvalue weighted by atomic mass is 10.2. The summed E-state index contributed by atoms with van der Waals surface area (Å²) in [6.45, 7) is 1.34. The van der Waals surface area contributed by atoms with E-state index in [0.29, 0.717) is 11.1 Å². The molecule has 2 aromatic rings. The Hall–Kier alpha value is -2.17. The van der Waals surface area contributed by atoms with Crippen LogP contribution in [0.15, 0.2) is 22.6 Å². The zero-order valence-corrected chi connectivity index (χ0v) is 7.85. The number of carboxylic acid groups (broad SMARTS) is 1. The highest BCUT2D eigenvalue weighted by Crippen LogP contribution is 2.17. The number of aromatic carboxylic acids is 1. The van der Waals surface area contributed by atoms with Crippen LogP contribution in [0, 0.1) is 0 Å². The second kappa shape index (κ2) is 3.20. The van der Waals surface area contributed by atoms with Crippen molar-refractivity contribution in [3.05, 3.63) is 29.7 Å². The third-order valence-electron chi connectivity index (χ3n) is 1.94. The van der Waals surface area contributed by atoms with Crippen molar-refractivity contribution in [2.24, 2.45) is 0 Å². The van der Waals surface area contributed by atoms with Gasteiger partial charge in [-0.25, -0.2) is 9.78 Å². The molecule has 1 aromatic heterocycles. The molecule has 0 fully saturated rings. The summed E-state index contributed by atoms with van der Waals surface area (Å²) in [5, 5.41) is 8.73. The maximum absolute atomic E-state index is 11.0. The molecule has 1 N–H and O–H groups in total. The second-order valence-electron chi connectivity index (χ2n) is 3.06. The van der Waals surface area contributed by atoms with Gasteiger partial charge in [-0.15, -0.1) is 0 Å². The average Bonchev–Trinajstić information content (AvgIpc) is 2.59. The topological polar surface area (TPSA) is 80.4 Å². The van der Waals surface area contributed by atoms with Crippen LogP contribution < -0.4 is 0 Å². The lowest BCUT2D eigenvalue weighted by Gasteiger charge is -1.91. The van der Waals surface area contributed by atoms with Crippen molar-refractivity contribution in [3.8, 4) is 0 Å². The molecule has 5 nitrogen and oxygen atoms in total. The molecule has 1 aromatic carbocycles. The summed E-state index contributed by atoms with van der Waals surface area (Å²) in [5.74, 6) is -1.34. The number of carbonyl (C=O) groups is 2. The Morgan fingerprint density at radius 3 is 2.73 bits per heavy atom. The summed E-state index contributed by atoms with van der Waals surface area (Å²) in [6.07, 6.45) is 0. The molecule has 0 aliphatic rings. The molecule has 0 aliphatic heterocycles. The maximum atomic E-state index is 11.0. The van der Waals surface area contributed by atoms with E-state index < -0.39 is 5.97 Å². The van der Waals surface area contributed by atoms with Crippen LogP contribution in [-0.2, 0) is 0 Å². The van der Waals surface area contributed by atoms with Gasteiger partial charge < -0.3 is 9.52 Å². The molecule has 0 saturated carbocycles. The Bertz CT molecular complexity index is 544. The van der Waals surface area contributed by atoms with Crippen molar-refractivity contribution < 1.29 is 19.1 Å². The molecule has 0 spiro atoms. The standard InChI is InChI=1S/C10H7NO4/c1-5(12)9-11-7-3-2-6(10(13)14)4-8(7)15-9/h2-4H,1H3,(H,13,14). The molecule has 0 saturated heterocycles. The fourth-order valence-corrected chi connectivity index (χ4v) is 1.21. The Balaban J connectivity index is 2.62. The first kappa shape index (κ1) is 9.39. The number of carboxylic acids is 1. The van der Waals surface area contributed by atoms with Gasteiger partial charge in [0, 0.05) is 6.92 Å². The van der Waals surface area contributed by atoms with Crippen LogP contribution in [0.1, 0.15) is 28.0 Å². The third kappa shape index (κ3) is 1.59. The van der Waals surface area contributed by atoms with Crippen molar-refractivity contribution >= 4 is 22.9 Å². The van der Waals surface area contributed by atoms with Crippen LogP contribution in [0.3, 0.4) is 0 Å². The predicted molar refractivity (Wildman–Crippen MR) is 51.0 cm³/mol. The highest BCUT2D eigenvalue weighted by molar-refractivity contribution is 5.95. The molecule has 5 heteroatoms. The van der Waals surface area contributed by atoms with Crippen LogP contribution in [-0.4, -0.2) is 21.8 Å². The van der Waals surface area contributed by atoms with Crippen LogP contribution in [0.2, 0.25) is 0 Å². The average molecular weight is 205 g/mol. The fraction of sp³-hybridized carbons (Fsp3) is 0.100. The lowest BCUT2D eigenvalue weighted by Crippen LogP contribution is -1.94. The van der Waals surface area contributed by atoms with Gasteiger partial charge in [0.2, 0.25) is 5.78 Å². The smallest absolute Gasteiger partial charge is 0.335 e. The number of ketones is 1. The molecule has 0 amide bonds. The van der Waals surface area contributed by atoms with Crippen LogP contribution in [0.25, 0.3) is 11.1 Å². The van der Waals surface area contributed by atoms with Gasteiger partial charge in [0.05, 0.1) is 5.56 Å². The molecule has 0 unspecified atom stereocenters. The monoisotopic (exact) mass is 205 g/mol. The van der Waals surface area contributed by atoms with Gasteiger partial charge in [-0.3, -0.25) is 4.79 Å². The molecule has 0 atom stereocenters. The number of oxazole rings is 1. The Morgan fingerprint density at radius 1 is 1.40 bits per heavy atom. The fourth-order valence-electron chi connectivity index (χ4n) is 1.21. The van der Waals surface area contributed by atoms with Gasteiger partial charge in [0.15, 0.2) is 5.58 Å². The van der Waals surface area contributed by atoms with E-state index in [1.807, 2.05) is 0 Å². The van der Waals surface area contributed by atoms with E-state index in [9.17, 15) is 9.59 Å². The van der Waals surface area contributed by atoms with Crippen LogP contribution in [0.5, 0.6) is 0 Å². The largest absolute Gasteiger partial charge is 0.478 e. The number of rotatable bonds is 2. The van der Waals surface area contributed by atoms with Gasteiger partial charge in [-0.2, -0.15) is 0 Å². The molecule has 0 aliphatic carbocycles. The normalized spacial score (nSPS) is 10.5. The molecule has 1 heterocycles. The zero-order chi connectivity index (χ0) is 11.0. The van der Waals surface area contributed by atoms with Crippen LogP contribution >= 0.6 is 0 Å². The Morgan fingerprint density at radius 2 is 2.13 bits per heavy atom. The highest BCUT2D eigenvalue weighted by atomic mass is 16.4. The quantitative estimate of drug-likeness (QED) is 0.755. The van der Waals surface area contributed by atoms with E-state index in [1.54, 1.807) is 0 Å². The SMILES string of the molecule is CC(=O)c1nc2ccc(C(=O)O)cc2o1. The molecule has 15 heavy (non-hydrogen) atoms. The van der Waals surface area contributed by atoms with Crippen LogP contribution in [0.4, 0.5) is 0 Å². The first-order chi connectivity index (χ1) is 7.08. The number of hydrogen-bond acceptors (Lipinski definition) is 4. The number of hydrogen-bond donors (Lipinski definition) is 1. The van der Waals surface area contributed by atoms with E-state index in [0.717, 1.165) is 0 Å². The van der Waals surface area contributed by atoms with Crippen molar-refractivity contribution in [1.82, 2.24) is 4.98 Å². The summed E-state index contributed by atoms with van der Waals surface area (Å²) < 4.78 is 5.10. The van der Waals surface area contributed by atoms with Crippen molar-refractivity contribution in [2.75, 3.05) is 0 Å². The van der Waals surface area contributed by atoms with Gasteiger partial charge in [-0.05, 0) is 18.2 Å². The number of fused-ring (bicyclic) bond motifs is 1.